The molecule has 8 nitrogen and oxygen atoms in total. The topological polar surface area (TPSA) is 113 Å². The number of aliphatic hydroxyl groups is 1. The van der Waals surface area contributed by atoms with Crippen LogP contribution in [0.15, 0.2) is 59.6 Å². The van der Waals surface area contributed by atoms with E-state index < -0.39 is 12.0 Å². The highest BCUT2D eigenvalue weighted by atomic mass is 32.1. The minimum absolute atomic E-state index is 0.0891. The van der Waals surface area contributed by atoms with Crippen LogP contribution in [0.3, 0.4) is 0 Å². The van der Waals surface area contributed by atoms with Crippen LogP contribution in [0.5, 0.6) is 0 Å². The quantitative estimate of drug-likeness (QED) is 0.356. The summed E-state index contributed by atoms with van der Waals surface area (Å²) in [7, 11) is 0. The van der Waals surface area contributed by atoms with Gasteiger partial charge in [-0.1, -0.05) is 42.5 Å². The molecular weight excluding hydrogens is 462 g/mol. The van der Waals surface area contributed by atoms with Crippen molar-refractivity contribution in [1.82, 2.24) is 14.8 Å². The van der Waals surface area contributed by atoms with Crippen molar-refractivity contribution < 1.29 is 15.0 Å². The number of carbonyl (C=O) groups is 1. The van der Waals surface area contributed by atoms with Gasteiger partial charge in [-0.3, -0.25) is 14.4 Å². The lowest BCUT2D eigenvalue weighted by molar-refractivity contribution is -0.137. The Morgan fingerprint density at radius 2 is 1.83 bits per heavy atom. The zero-order valence-electron chi connectivity index (χ0n) is 19.4. The number of aliphatic imine (C=N–C) groups is 1. The molecule has 0 spiro atoms. The van der Waals surface area contributed by atoms with E-state index in [2.05, 4.69) is 27.6 Å². The van der Waals surface area contributed by atoms with E-state index in [-0.39, 0.29) is 13.0 Å². The van der Waals surface area contributed by atoms with Crippen molar-refractivity contribution in [1.29, 1.82) is 0 Å². The van der Waals surface area contributed by atoms with Crippen molar-refractivity contribution in [3.63, 3.8) is 0 Å². The number of rotatable bonds is 7. The smallest absolute Gasteiger partial charge is 0.306 e. The first kappa shape index (κ1) is 22.9. The number of carboxylic acids is 1. The Morgan fingerprint density at radius 1 is 1.09 bits per heavy atom. The highest BCUT2D eigenvalue weighted by molar-refractivity contribution is 7.15. The highest BCUT2D eigenvalue weighted by Crippen LogP contribution is 2.40. The van der Waals surface area contributed by atoms with Gasteiger partial charge in [-0.2, -0.15) is 0 Å². The van der Waals surface area contributed by atoms with Gasteiger partial charge in [0.1, 0.15) is 16.9 Å². The third kappa shape index (κ3) is 4.36. The summed E-state index contributed by atoms with van der Waals surface area (Å²) in [5.41, 5.74) is 5.52. The summed E-state index contributed by atoms with van der Waals surface area (Å²) in [6, 6.07) is 17.5. The molecule has 0 bridgehead atoms. The molecule has 5 rings (SSSR count). The maximum Gasteiger partial charge on any atom is 0.306 e. The molecule has 9 heteroatoms. The molecule has 0 saturated heterocycles. The number of aliphatic hydroxyl groups excluding tert-OH is 1. The molecular formula is C26H25N5O3S. The second-order valence-electron chi connectivity index (χ2n) is 8.44. The van der Waals surface area contributed by atoms with Gasteiger partial charge in [0, 0.05) is 28.2 Å². The van der Waals surface area contributed by atoms with Gasteiger partial charge in [-0.15, -0.1) is 21.5 Å². The molecule has 35 heavy (non-hydrogen) atoms. The summed E-state index contributed by atoms with van der Waals surface area (Å²) in [5, 5.41) is 32.3. The van der Waals surface area contributed by atoms with E-state index in [1.165, 1.54) is 16.9 Å². The Hall–Kier alpha value is -3.82. The summed E-state index contributed by atoms with van der Waals surface area (Å²) in [6.07, 6.45) is -0.195. The molecule has 1 aliphatic rings. The minimum Gasteiger partial charge on any atom is -0.481 e. The summed E-state index contributed by atoms with van der Waals surface area (Å²) in [6.45, 7) is 4.42. The molecule has 4 aromatic rings. The lowest BCUT2D eigenvalue weighted by atomic mass is 9.99. The van der Waals surface area contributed by atoms with Crippen LogP contribution in [0.4, 0.5) is 5.69 Å². The lowest BCUT2D eigenvalue weighted by Gasteiger charge is -2.12. The molecule has 3 N–H and O–H groups in total. The number of hydrogen-bond donors (Lipinski definition) is 3. The minimum atomic E-state index is -0.955. The molecule has 2 aromatic carbocycles. The van der Waals surface area contributed by atoms with Crippen LogP contribution in [-0.4, -0.2) is 36.7 Å². The molecule has 1 atom stereocenters. The second-order valence-corrected chi connectivity index (χ2v) is 9.52. The summed E-state index contributed by atoms with van der Waals surface area (Å²) in [5.74, 6) is 0.191. The Balaban J connectivity index is 1.57. The normalized spacial score (nSPS) is 14.6. The Kier molecular flexibility index (Phi) is 6.19. The van der Waals surface area contributed by atoms with E-state index in [1.807, 2.05) is 60.9 Å². The fraction of sp³-hybridized carbons (Fsp3) is 0.231. The Morgan fingerprint density at radius 3 is 2.51 bits per heavy atom. The van der Waals surface area contributed by atoms with E-state index in [0.717, 1.165) is 32.3 Å². The second kappa shape index (κ2) is 9.44. The van der Waals surface area contributed by atoms with Crippen molar-refractivity contribution in [2.75, 3.05) is 5.32 Å². The molecule has 2 aromatic heterocycles. The maximum absolute atomic E-state index is 11.7. The van der Waals surface area contributed by atoms with Crippen molar-refractivity contribution >= 4 is 28.7 Å². The van der Waals surface area contributed by atoms with Crippen LogP contribution in [0.2, 0.25) is 0 Å². The van der Waals surface area contributed by atoms with E-state index in [0.29, 0.717) is 23.9 Å². The molecule has 0 amide bonds. The van der Waals surface area contributed by atoms with Gasteiger partial charge in [0.05, 0.1) is 18.7 Å². The van der Waals surface area contributed by atoms with Gasteiger partial charge in [-0.05, 0) is 37.1 Å². The van der Waals surface area contributed by atoms with Gasteiger partial charge in [0.15, 0.2) is 5.82 Å². The van der Waals surface area contributed by atoms with Crippen LogP contribution >= 0.6 is 11.3 Å². The molecule has 0 saturated carbocycles. The largest absolute Gasteiger partial charge is 0.481 e. The standard InChI is InChI=1S/C26H25N5O3S/c1-15-21(14-32)35-26-23(15)24(28-20(12-22(33)34)25-30-29-16(2)31(25)26)18-8-10-19(11-9-18)27-13-17-6-4-3-5-7-17/h3-11,20,27,32H,12-14H2,1-2H3,(H,33,34)/t20-/m0/s1. The molecule has 0 aliphatic carbocycles. The first-order valence-electron chi connectivity index (χ1n) is 11.3. The molecule has 1 aliphatic heterocycles. The van der Waals surface area contributed by atoms with Crippen LogP contribution < -0.4 is 5.32 Å². The molecule has 178 valence electrons. The van der Waals surface area contributed by atoms with E-state index in [4.69, 9.17) is 4.99 Å². The van der Waals surface area contributed by atoms with Gasteiger partial charge >= 0.3 is 5.97 Å². The average molecular weight is 488 g/mol. The Labute approximate surface area is 206 Å². The van der Waals surface area contributed by atoms with Gasteiger partial charge in [0.25, 0.3) is 0 Å². The van der Waals surface area contributed by atoms with E-state index in [9.17, 15) is 15.0 Å². The SMILES string of the molecule is Cc1c(CO)sc2c1C(c1ccc(NCc3ccccc3)cc1)=N[C@@H](CC(=O)O)c1nnc(C)n1-2. The highest BCUT2D eigenvalue weighted by Gasteiger charge is 2.32. The summed E-state index contributed by atoms with van der Waals surface area (Å²) < 4.78 is 1.88. The van der Waals surface area contributed by atoms with Gasteiger partial charge < -0.3 is 15.5 Å². The average Bonchev–Trinajstić information content (AvgIpc) is 3.36. The van der Waals surface area contributed by atoms with Crippen molar-refractivity contribution in [2.45, 2.75) is 39.5 Å². The van der Waals surface area contributed by atoms with Crippen LogP contribution in [0.25, 0.3) is 5.00 Å². The number of nitrogens with one attached hydrogen (secondary N) is 1. The molecule has 0 unspecified atom stereocenters. The third-order valence-corrected chi connectivity index (χ3v) is 7.37. The number of thiophene rings is 1. The van der Waals surface area contributed by atoms with Crippen molar-refractivity contribution in [3.8, 4) is 5.00 Å². The first-order valence-corrected chi connectivity index (χ1v) is 12.1. The molecule has 0 radical (unpaired) electrons. The molecule has 3 heterocycles. The number of benzene rings is 2. The number of aryl methyl sites for hydroxylation is 1. The first-order chi connectivity index (χ1) is 17.0. The molecule has 0 fully saturated rings. The van der Waals surface area contributed by atoms with Crippen molar-refractivity contribution in [2.24, 2.45) is 4.99 Å². The maximum atomic E-state index is 11.7. The number of aromatic nitrogens is 3. The van der Waals surface area contributed by atoms with Gasteiger partial charge in [-0.25, -0.2) is 0 Å². The predicted octanol–water partition coefficient (Wildman–Crippen LogP) is 4.42. The van der Waals surface area contributed by atoms with Crippen LogP contribution in [0.1, 0.15) is 51.2 Å². The zero-order valence-corrected chi connectivity index (χ0v) is 20.2. The van der Waals surface area contributed by atoms with Crippen molar-refractivity contribution in [3.05, 3.63) is 93.4 Å². The number of aliphatic carboxylic acids is 1. The predicted molar refractivity (Wildman–Crippen MR) is 135 cm³/mol. The van der Waals surface area contributed by atoms with E-state index >= 15 is 0 Å². The number of anilines is 1. The third-order valence-electron chi connectivity index (χ3n) is 6.11. The number of carboxylic acid groups (broad SMARTS) is 1. The lowest BCUT2D eigenvalue weighted by Crippen LogP contribution is -2.10. The van der Waals surface area contributed by atoms with E-state index in [1.54, 1.807) is 0 Å². The van der Waals surface area contributed by atoms with Crippen LogP contribution in [0, 0.1) is 13.8 Å². The van der Waals surface area contributed by atoms with Crippen LogP contribution in [-0.2, 0) is 17.9 Å². The number of fused-ring (bicyclic) bond motifs is 3. The summed E-state index contributed by atoms with van der Waals surface area (Å²) >= 11 is 1.46. The Bertz CT molecular complexity index is 1410. The fourth-order valence-electron chi connectivity index (χ4n) is 4.32. The van der Waals surface area contributed by atoms with Gasteiger partial charge in [0.2, 0.25) is 0 Å². The monoisotopic (exact) mass is 487 g/mol. The fourth-order valence-corrected chi connectivity index (χ4v) is 5.54. The summed E-state index contributed by atoms with van der Waals surface area (Å²) in [4.78, 5) is 17.4. The number of hydrogen-bond acceptors (Lipinski definition) is 7. The zero-order chi connectivity index (χ0) is 24.5. The number of nitrogens with zero attached hydrogens (tertiary/aromatic N) is 4.